The van der Waals surface area contributed by atoms with E-state index in [1.54, 1.807) is 0 Å². The van der Waals surface area contributed by atoms with Gasteiger partial charge in [-0.05, 0) is 50.6 Å². The highest BCUT2D eigenvalue weighted by molar-refractivity contribution is 4.87. The zero-order chi connectivity index (χ0) is 11.5. The number of hydrogen-bond acceptors (Lipinski definition) is 2. The van der Waals surface area contributed by atoms with Crippen molar-refractivity contribution in [1.29, 1.82) is 0 Å². The van der Waals surface area contributed by atoms with E-state index in [2.05, 4.69) is 9.80 Å². The molecule has 0 aromatic carbocycles. The maximum absolute atomic E-state index is 2.76. The van der Waals surface area contributed by atoms with Crippen molar-refractivity contribution in [1.82, 2.24) is 9.80 Å². The molecule has 0 aromatic heterocycles. The highest BCUT2D eigenvalue weighted by atomic mass is 15.2. The third-order valence-corrected chi connectivity index (χ3v) is 5.23. The summed E-state index contributed by atoms with van der Waals surface area (Å²) in [7, 11) is 0. The first-order valence-electron chi connectivity index (χ1n) is 7.86. The van der Waals surface area contributed by atoms with Crippen LogP contribution in [0.2, 0.25) is 0 Å². The van der Waals surface area contributed by atoms with Gasteiger partial charge in [0.15, 0.2) is 0 Å². The van der Waals surface area contributed by atoms with E-state index in [1.165, 1.54) is 84.2 Å². The molecule has 1 aliphatic carbocycles. The predicted octanol–water partition coefficient (Wildman–Crippen LogP) is 2.59. The van der Waals surface area contributed by atoms with Gasteiger partial charge in [0.1, 0.15) is 0 Å². The van der Waals surface area contributed by atoms with Gasteiger partial charge < -0.3 is 9.80 Å². The van der Waals surface area contributed by atoms with Crippen molar-refractivity contribution in [3.63, 3.8) is 0 Å². The van der Waals surface area contributed by atoms with Gasteiger partial charge in [0, 0.05) is 26.2 Å². The van der Waals surface area contributed by atoms with Crippen LogP contribution in [0.5, 0.6) is 0 Å². The summed E-state index contributed by atoms with van der Waals surface area (Å²) < 4.78 is 0. The topological polar surface area (TPSA) is 6.48 Å². The van der Waals surface area contributed by atoms with Crippen LogP contribution in [0, 0.1) is 11.8 Å². The highest BCUT2D eigenvalue weighted by Crippen LogP contribution is 2.35. The first-order valence-corrected chi connectivity index (χ1v) is 7.86. The van der Waals surface area contributed by atoms with Gasteiger partial charge in [0.25, 0.3) is 0 Å². The van der Waals surface area contributed by atoms with Crippen LogP contribution < -0.4 is 0 Å². The van der Waals surface area contributed by atoms with Gasteiger partial charge >= 0.3 is 0 Å². The molecule has 0 radical (unpaired) electrons. The normalized spacial score (nSPS) is 36.0. The fourth-order valence-electron chi connectivity index (χ4n) is 4.15. The number of hydrogen-bond donors (Lipinski definition) is 0. The molecule has 0 N–H and O–H groups in total. The number of likely N-dealkylation sites (tertiary alicyclic amines) is 2. The number of piperidine rings is 1. The van der Waals surface area contributed by atoms with Crippen LogP contribution >= 0.6 is 0 Å². The van der Waals surface area contributed by atoms with Gasteiger partial charge in [-0.3, -0.25) is 0 Å². The van der Waals surface area contributed by atoms with E-state index in [9.17, 15) is 0 Å². The maximum atomic E-state index is 2.76. The van der Waals surface area contributed by atoms with Gasteiger partial charge in [-0.25, -0.2) is 0 Å². The summed E-state index contributed by atoms with van der Waals surface area (Å²) in [6.07, 6.45) is 10.4. The summed E-state index contributed by atoms with van der Waals surface area (Å²) in [6, 6.07) is 0. The molecule has 2 saturated heterocycles. The van der Waals surface area contributed by atoms with Crippen molar-refractivity contribution < 1.29 is 0 Å². The first kappa shape index (κ1) is 12.0. The minimum Gasteiger partial charge on any atom is -0.302 e. The Balaban J connectivity index is 1.40. The third-order valence-electron chi connectivity index (χ3n) is 5.23. The van der Waals surface area contributed by atoms with Crippen molar-refractivity contribution in [3.8, 4) is 0 Å². The quantitative estimate of drug-likeness (QED) is 0.743. The molecular formula is C15H28N2. The SMILES string of the molecule is C1CCN(CCN2C[C@H]3CCCC[C@@H]3C2)CC1. The predicted molar refractivity (Wildman–Crippen MR) is 72.2 cm³/mol. The van der Waals surface area contributed by atoms with Crippen molar-refractivity contribution >= 4 is 0 Å². The smallest absolute Gasteiger partial charge is 0.0110 e. The second-order valence-corrected chi connectivity index (χ2v) is 6.47. The standard InChI is InChI=1S/C15H28N2/c1-4-8-16(9-5-1)10-11-17-12-14-6-2-3-7-15(14)13-17/h14-15H,1-13H2/t14-,15-/m1/s1. The van der Waals surface area contributed by atoms with Gasteiger partial charge in [-0.15, -0.1) is 0 Å². The molecule has 3 fully saturated rings. The summed E-state index contributed by atoms with van der Waals surface area (Å²) in [4.78, 5) is 5.45. The Labute approximate surface area is 106 Å². The molecule has 0 aromatic rings. The molecule has 2 heteroatoms. The van der Waals surface area contributed by atoms with Crippen LogP contribution in [0.1, 0.15) is 44.9 Å². The number of rotatable bonds is 3. The molecule has 0 unspecified atom stereocenters. The van der Waals surface area contributed by atoms with Crippen LogP contribution in [0.4, 0.5) is 0 Å². The molecule has 2 aliphatic heterocycles. The van der Waals surface area contributed by atoms with Crippen molar-refractivity contribution in [2.24, 2.45) is 11.8 Å². The molecule has 2 nitrogen and oxygen atoms in total. The van der Waals surface area contributed by atoms with Crippen LogP contribution in [0.15, 0.2) is 0 Å². The summed E-state index contributed by atoms with van der Waals surface area (Å²) >= 11 is 0. The Morgan fingerprint density at radius 2 is 1.24 bits per heavy atom. The zero-order valence-electron chi connectivity index (χ0n) is 11.2. The molecule has 17 heavy (non-hydrogen) atoms. The second kappa shape index (κ2) is 5.71. The van der Waals surface area contributed by atoms with E-state index in [0.717, 1.165) is 11.8 Å². The Morgan fingerprint density at radius 3 is 1.88 bits per heavy atom. The molecule has 98 valence electrons. The highest BCUT2D eigenvalue weighted by Gasteiger charge is 2.33. The lowest BCUT2D eigenvalue weighted by molar-refractivity contribution is 0.193. The van der Waals surface area contributed by atoms with E-state index in [0.29, 0.717) is 0 Å². The lowest BCUT2D eigenvalue weighted by Crippen LogP contribution is -2.37. The Bertz CT molecular complexity index is 221. The average Bonchev–Trinajstić information content (AvgIpc) is 2.80. The number of nitrogens with zero attached hydrogens (tertiary/aromatic N) is 2. The maximum Gasteiger partial charge on any atom is 0.0110 e. The van der Waals surface area contributed by atoms with Crippen LogP contribution in [0.3, 0.4) is 0 Å². The average molecular weight is 236 g/mol. The van der Waals surface area contributed by atoms with Crippen molar-refractivity contribution in [2.75, 3.05) is 39.3 Å². The van der Waals surface area contributed by atoms with Gasteiger partial charge in [-0.1, -0.05) is 19.3 Å². The van der Waals surface area contributed by atoms with Crippen molar-refractivity contribution in [3.05, 3.63) is 0 Å². The van der Waals surface area contributed by atoms with E-state index >= 15 is 0 Å². The van der Waals surface area contributed by atoms with E-state index < -0.39 is 0 Å². The van der Waals surface area contributed by atoms with Gasteiger partial charge in [0.05, 0.1) is 0 Å². The van der Waals surface area contributed by atoms with E-state index in [1.807, 2.05) is 0 Å². The summed E-state index contributed by atoms with van der Waals surface area (Å²) in [6.45, 7) is 8.23. The molecule has 2 atom stereocenters. The Kier molecular flexibility index (Phi) is 4.02. The first-order chi connectivity index (χ1) is 8.42. The van der Waals surface area contributed by atoms with Crippen molar-refractivity contribution in [2.45, 2.75) is 44.9 Å². The van der Waals surface area contributed by atoms with Crippen LogP contribution in [0.25, 0.3) is 0 Å². The van der Waals surface area contributed by atoms with Gasteiger partial charge in [0.2, 0.25) is 0 Å². The minimum absolute atomic E-state index is 1.06. The summed E-state index contributed by atoms with van der Waals surface area (Å²) in [5.41, 5.74) is 0. The molecule has 3 aliphatic rings. The lowest BCUT2D eigenvalue weighted by atomic mass is 9.82. The fraction of sp³-hybridized carbons (Fsp3) is 1.00. The Hall–Kier alpha value is -0.0800. The molecule has 3 rings (SSSR count). The molecule has 0 bridgehead atoms. The lowest BCUT2D eigenvalue weighted by Gasteiger charge is -2.28. The Morgan fingerprint density at radius 1 is 0.647 bits per heavy atom. The third kappa shape index (κ3) is 3.03. The number of fused-ring (bicyclic) bond motifs is 1. The fourth-order valence-corrected chi connectivity index (χ4v) is 4.15. The van der Waals surface area contributed by atoms with E-state index in [-0.39, 0.29) is 0 Å². The van der Waals surface area contributed by atoms with Crippen LogP contribution in [-0.2, 0) is 0 Å². The second-order valence-electron chi connectivity index (χ2n) is 6.47. The summed E-state index contributed by atoms with van der Waals surface area (Å²) in [5, 5.41) is 0. The summed E-state index contributed by atoms with van der Waals surface area (Å²) in [5.74, 6) is 2.12. The molecule has 0 amide bonds. The van der Waals surface area contributed by atoms with Gasteiger partial charge in [-0.2, -0.15) is 0 Å². The molecule has 2 heterocycles. The minimum atomic E-state index is 1.06. The largest absolute Gasteiger partial charge is 0.302 e. The zero-order valence-corrected chi connectivity index (χ0v) is 11.2. The molecular weight excluding hydrogens is 208 g/mol. The van der Waals surface area contributed by atoms with E-state index in [4.69, 9.17) is 0 Å². The molecule has 0 spiro atoms. The monoisotopic (exact) mass is 236 g/mol. The van der Waals surface area contributed by atoms with Crippen LogP contribution in [-0.4, -0.2) is 49.1 Å². The molecule has 1 saturated carbocycles.